The summed E-state index contributed by atoms with van der Waals surface area (Å²) in [5.41, 5.74) is 6.72. The topological polar surface area (TPSA) is 92.8 Å². The van der Waals surface area contributed by atoms with Gasteiger partial charge in [0.2, 0.25) is 0 Å². The third kappa shape index (κ3) is 4.13. The number of carbonyl (C=O) groups excluding carboxylic acids is 1. The molecule has 19 heavy (non-hydrogen) atoms. The van der Waals surface area contributed by atoms with Gasteiger partial charge < -0.3 is 20.7 Å². The van der Waals surface area contributed by atoms with Crippen LogP contribution in [0, 0.1) is 6.92 Å². The number of phenolic OH excluding ortho intramolecular Hbond substituents is 2. The standard InChI is InChI=1S/C14H21NO4/c1-3-4-7-19-14(18)11(15)8-10-6-5-9(2)12(16)13(10)17/h5-6,11,16-17H,3-4,7-8,15H2,1-2H3/t11-/m0/s1. The summed E-state index contributed by atoms with van der Waals surface area (Å²) in [6.45, 7) is 4.03. The van der Waals surface area contributed by atoms with Crippen LogP contribution in [0.15, 0.2) is 12.1 Å². The summed E-state index contributed by atoms with van der Waals surface area (Å²) < 4.78 is 5.00. The monoisotopic (exact) mass is 267 g/mol. The number of aromatic hydroxyl groups is 2. The molecule has 1 rings (SSSR count). The van der Waals surface area contributed by atoms with Crippen LogP contribution < -0.4 is 5.73 Å². The Morgan fingerprint density at radius 3 is 2.68 bits per heavy atom. The fourth-order valence-corrected chi connectivity index (χ4v) is 1.63. The van der Waals surface area contributed by atoms with Gasteiger partial charge in [-0.1, -0.05) is 25.5 Å². The zero-order valence-electron chi connectivity index (χ0n) is 11.3. The fourth-order valence-electron chi connectivity index (χ4n) is 1.63. The van der Waals surface area contributed by atoms with Crippen LogP contribution in [0.25, 0.3) is 0 Å². The van der Waals surface area contributed by atoms with E-state index in [4.69, 9.17) is 10.5 Å². The maximum absolute atomic E-state index is 11.6. The number of hydrogen-bond donors (Lipinski definition) is 3. The number of esters is 1. The Morgan fingerprint density at radius 2 is 2.05 bits per heavy atom. The Hall–Kier alpha value is -1.75. The van der Waals surface area contributed by atoms with Crippen molar-refractivity contribution in [1.29, 1.82) is 0 Å². The summed E-state index contributed by atoms with van der Waals surface area (Å²) in [6.07, 6.45) is 1.87. The van der Waals surface area contributed by atoms with Gasteiger partial charge in [0.05, 0.1) is 6.61 Å². The molecule has 0 heterocycles. The Balaban J connectivity index is 2.64. The minimum Gasteiger partial charge on any atom is -0.504 e. The second-order valence-electron chi connectivity index (χ2n) is 4.57. The van der Waals surface area contributed by atoms with Crippen LogP contribution in [0.2, 0.25) is 0 Å². The molecule has 0 bridgehead atoms. The maximum Gasteiger partial charge on any atom is 0.323 e. The molecular formula is C14H21NO4. The number of aryl methyl sites for hydroxylation is 1. The first-order valence-corrected chi connectivity index (χ1v) is 6.40. The quantitative estimate of drug-likeness (QED) is 0.414. The minimum atomic E-state index is -0.843. The van der Waals surface area contributed by atoms with Gasteiger partial charge in [-0.05, 0) is 24.5 Å². The van der Waals surface area contributed by atoms with Crippen molar-refractivity contribution in [2.24, 2.45) is 5.73 Å². The van der Waals surface area contributed by atoms with Crippen molar-refractivity contribution in [2.45, 2.75) is 39.2 Å². The second-order valence-corrected chi connectivity index (χ2v) is 4.57. The molecule has 0 aromatic heterocycles. The van der Waals surface area contributed by atoms with E-state index in [1.165, 1.54) is 0 Å². The molecule has 0 saturated carbocycles. The van der Waals surface area contributed by atoms with Crippen molar-refractivity contribution in [1.82, 2.24) is 0 Å². The number of unbranched alkanes of at least 4 members (excludes halogenated alkanes) is 1. The van der Waals surface area contributed by atoms with Crippen molar-refractivity contribution in [3.05, 3.63) is 23.3 Å². The fraction of sp³-hybridized carbons (Fsp3) is 0.500. The van der Waals surface area contributed by atoms with Gasteiger partial charge in [-0.2, -0.15) is 0 Å². The molecule has 0 unspecified atom stereocenters. The van der Waals surface area contributed by atoms with Crippen molar-refractivity contribution < 1.29 is 19.7 Å². The van der Waals surface area contributed by atoms with Gasteiger partial charge in [0.15, 0.2) is 11.5 Å². The Morgan fingerprint density at radius 1 is 1.37 bits per heavy atom. The summed E-state index contributed by atoms with van der Waals surface area (Å²) in [5.74, 6) is -0.895. The zero-order valence-corrected chi connectivity index (χ0v) is 11.3. The van der Waals surface area contributed by atoms with E-state index in [2.05, 4.69) is 0 Å². The third-order valence-corrected chi connectivity index (χ3v) is 2.92. The highest BCUT2D eigenvalue weighted by atomic mass is 16.5. The molecule has 0 aliphatic rings. The molecular weight excluding hydrogens is 246 g/mol. The van der Waals surface area contributed by atoms with Gasteiger partial charge in [-0.25, -0.2) is 0 Å². The molecule has 0 amide bonds. The summed E-state index contributed by atoms with van der Waals surface area (Å²) >= 11 is 0. The average Bonchev–Trinajstić information content (AvgIpc) is 2.39. The van der Waals surface area contributed by atoms with E-state index in [0.29, 0.717) is 17.7 Å². The van der Waals surface area contributed by atoms with Crippen LogP contribution in [0.5, 0.6) is 11.5 Å². The maximum atomic E-state index is 11.6. The van der Waals surface area contributed by atoms with Gasteiger partial charge in [0.1, 0.15) is 6.04 Å². The van der Waals surface area contributed by atoms with Crippen LogP contribution in [0.3, 0.4) is 0 Å². The Kier molecular flexibility index (Phi) is 5.63. The van der Waals surface area contributed by atoms with E-state index in [1.54, 1.807) is 19.1 Å². The van der Waals surface area contributed by atoms with E-state index in [1.807, 2.05) is 6.92 Å². The highest BCUT2D eigenvalue weighted by Gasteiger charge is 2.19. The molecule has 5 heteroatoms. The smallest absolute Gasteiger partial charge is 0.323 e. The molecule has 1 atom stereocenters. The normalized spacial score (nSPS) is 12.2. The van der Waals surface area contributed by atoms with E-state index in [9.17, 15) is 15.0 Å². The first kappa shape index (κ1) is 15.3. The van der Waals surface area contributed by atoms with Crippen molar-refractivity contribution in [2.75, 3.05) is 6.61 Å². The van der Waals surface area contributed by atoms with E-state index >= 15 is 0 Å². The van der Waals surface area contributed by atoms with E-state index in [0.717, 1.165) is 12.8 Å². The first-order chi connectivity index (χ1) is 8.97. The van der Waals surface area contributed by atoms with E-state index < -0.39 is 12.0 Å². The summed E-state index contributed by atoms with van der Waals surface area (Å²) in [5, 5.41) is 19.4. The molecule has 0 radical (unpaired) electrons. The lowest BCUT2D eigenvalue weighted by atomic mass is 10.0. The minimum absolute atomic E-state index is 0.130. The van der Waals surface area contributed by atoms with Gasteiger partial charge in [-0.15, -0.1) is 0 Å². The molecule has 4 N–H and O–H groups in total. The molecule has 1 aromatic rings. The molecule has 0 aliphatic heterocycles. The lowest BCUT2D eigenvalue weighted by molar-refractivity contribution is -0.145. The molecule has 0 saturated heterocycles. The summed E-state index contributed by atoms with van der Waals surface area (Å²) in [6, 6.07) is 2.47. The van der Waals surface area contributed by atoms with Crippen LogP contribution in [-0.4, -0.2) is 28.8 Å². The average molecular weight is 267 g/mol. The lowest BCUT2D eigenvalue weighted by Crippen LogP contribution is -2.34. The highest BCUT2D eigenvalue weighted by molar-refractivity contribution is 5.76. The molecule has 106 valence electrons. The zero-order chi connectivity index (χ0) is 14.4. The number of rotatable bonds is 6. The number of carbonyl (C=O) groups is 1. The Labute approximate surface area is 113 Å². The molecule has 0 aliphatic carbocycles. The number of phenols is 2. The van der Waals surface area contributed by atoms with Gasteiger partial charge >= 0.3 is 5.97 Å². The number of ether oxygens (including phenoxy) is 1. The van der Waals surface area contributed by atoms with Crippen molar-refractivity contribution in [3.63, 3.8) is 0 Å². The summed E-state index contributed by atoms with van der Waals surface area (Å²) in [4.78, 5) is 11.6. The first-order valence-electron chi connectivity index (χ1n) is 6.40. The predicted octanol–water partition coefficient (Wildman–Crippen LogP) is 1.62. The van der Waals surface area contributed by atoms with Crippen LogP contribution >= 0.6 is 0 Å². The number of hydrogen-bond acceptors (Lipinski definition) is 5. The van der Waals surface area contributed by atoms with Crippen LogP contribution in [0.1, 0.15) is 30.9 Å². The van der Waals surface area contributed by atoms with Gasteiger partial charge in [0.25, 0.3) is 0 Å². The highest BCUT2D eigenvalue weighted by Crippen LogP contribution is 2.32. The van der Waals surface area contributed by atoms with E-state index in [-0.39, 0.29) is 17.9 Å². The largest absolute Gasteiger partial charge is 0.504 e. The molecule has 1 aromatic carbocycles. The van der Waals surface area contributed by atoms with Gasteiger partial charge in [0, 0.05) is 6.42 Å². The number of nitrogens with two attached hydrogens (primary N) is 1. The van der Waals surface area contributed by atoms with Gasteiger partial charge in [-0.3, -0.25) is 4.79 Å². The SMILES string of the molecule is CCCCOC(=O)[C@@H](N)Cc1ccc(C)c(O)c1O. The third-order valence-electron chi connectivity index (χ3n) is 2.92. The second kappa shape index (κ2) is 6.99. The van der Waals surface area contributed by atoms with Crippen LogP contribution in [-0.2, 0) is 16.0 Å². The van der Waals surface area contributed by atoms with Crippen molar-refractivity contribution >= 4 is 5.97 Å². The Bertz CT molecular complexity index is 445. The molecule has 0 spiro atoms. The predicted molar refractivity (Wildman–Crippen MR) is 72.1 cm³/mol. The van der Waals surface area contributed by atoms with Crippen molar-refractivity contribution in [3.8, 4) is 11.5 Å². The van der Waals surface area contributed by atoms with Crippen LogP contribution in [0.4, 0.5) is 0 Å². The molecule has 0 fully saturated rings. The summed E-state index contributed by atoms with van der Waals surface area (Å²) in [7, 11) is 0. The number of benzene rings is 1. The molecule has 5 nitrogen and oxygen atoms in total. The lowest BCUT2D eigenvalue weighted by Gasteiger charge is -2.13.